The summed E-state index contributed by atoms with van der Waals surface area (Å²) in [4.78, 5) is 7.90. The van der Waals surface area contributed by atoms with Crippen LogP contribution in [0.15, 0.2) is 48.5 Å². The normalized spacial score (nSPS) is 14.2. The molecule has 0 radical (unpaired) electrons. The summed E-state index contributed by atoms with van der Waals surface area (Å²) < 4.78 is 13.3. The molecule has 3 nitrogen and oxygen atoms in total. The van der Waals surface area contributed by atoms with E-state index in [-0.39, 0.29) is 17.9 Å². The lowest BCUT2D eigenvalue weighted by atomic mass is 10.1. The lowest BCUT2D eigenvalue weighted by molar-refractivity contribution is 0.478. The largest absolute Gasteiger partial charge is 0.341 e. The summed E-state index contributed by atoms with van der Waals surface area (Å²) in [6.07, 6.45) is 0. The fraction of sp³-hybridized carbons (Fsp3) is 0.235. The van der Waals surface area contributed by atoms with Crippen LogP contribution in [0.5, 0.6) is 0 Å². The van der Waals surface area contributed by atoms with E-state index in [2.05, 4.69) is 15.3 Å². The second kappa shape index (κ2) is 5.66. The molecule has 0 spiro atoms. The quantitative estimate of drug-likeness (QED) is 0.756. The molecule has 0 saturated heterocycles. The van der Waals surface area contributed by atoms with E-state index in [1.165, 1.54) is 6.07 Å². The highest BCUT2D eigenvalue weighted by molar-refractivity contribution is 5.74. The second-order valence-corrected chi connectivity index (χ2v) is 5.30. The van der Waals surface area contributed by atoms with Gasteiger partial charge in [0.1, 0.15) is 11.6 Å². The minimum atomic E-state index is -0.211. The number of nitrogens with one attached hydrogen (secondary N) is 2. The van der Waals surface area contributed by atoms with Gasteiger partial charge in [-0.15, -0.1) is 0 Å². The minimum absolute atomic E-state index is 0.0453. The van der Waals surface area contributed by atoms with Gasteiger partial charge in [-0.25, -0.2) is 9.37 Å². The third kappa shape index (κ3) is 2.95. The van der Waals surface area contributed by atoms with Crippen LogP contribution in [0.25, 0.3) is 11.0 Å². The fourth-order valence-electron chi connectivity index (χ4n) is 2.50. The zero-order valence-electron chi connectivity index (χ0n) is 12.1. The summed E-state index contributed by atoms with van der Waals surface area (Å²) in [7, 11) is 0. The van der Waals surface area contributed by atoms with Gasteiger partial charge < -0.3 is 10.3 Å². The summed E-state index contributed by atoms with van der Waals surface area (Å²) in [6.45, 7) is 4.07. The highest BCUT2D eigenvalue weighted by Crippen LogP contribution is 2.20. The Morgan fingerprint density at radius 2 is 1.86 bits per heavy atom. The first-order valence-corrected chi connectivity index (χ1v) is 7.09. The van der Waals surface area contributed by atoms with Crippen LogP contribution in [0, 0.1) is 5.82 Å². The van der Waals surface area contributed by atoms with Gasteiger partial charge >= 0.3 is 0 Å². The molecule has 3 rings (SSSR count). The monoisotopic (exact) mass is 283 g/mol. The molecule has 2 unspecified atom stereocenters. The van der Waals surface area contributed by atoms with Crippen molar-refractivity contribution in [2.45, 2.75) is 25.9 Å². The van der Waals surface area contributed by atoms with Crippen molar-refractivity contribution in [3.8, 4) is 0 Å². The Kier molecular flexibility index (Phi) is 3.71. The molecule has 0 aliphatic rings. The van der Waals surface area contributed by atoms with E-state index in [4.69, 9.17) is 0 Å². The maximum Gasteiger partial charge on any atom is 0.124 e. The zero-order valence-corrected chi connectivity index (χ0v) is 12.1. The molecular formula is C17H18FN3. The number of nitrogens with zero attached hydrogens (tertiary/aromatic N) is 1. The first-order chi connectivity index (χ1) is 10.1. The van der Waals surface area contributed by atoms with E-state index in [0.29, 0.717) is 0 Å². The van der Waals surface area contributed by atoms with Crippen molar-refractivity contribution in [1.29, 1.82) is 0 Å². The van der Waals surface area contributed by atoms with Gasteiger partial charge in [0, 0.05) is 6.04 Å². The maximum absolute atomic E-state index is 13.3. The van der Waals surface area contributed by atoms with Crippen molar-refractivity contribution in [2.24, 2.45) is 0 Å². The Bertz CT molecular complexity index is 717. The molecule has 0 bridgehead atoms. The highest BCUT2D eigenvalue weighted by atomic mass is 19.1. The third-order valence-corrected chi connectivity index (χ3v) is 3.67. The molecule has 0 fully saturated rings. The number of rotatable bonds is 4. The smallest absolute Gasteiger partial charge is 0.124 e. The molecule has 0 saturated carbocycles. The van der Waals surface area contributed by atoms with Crippen LogP contribution in [0.4, 0.5) is 4.39 Å². The average molecular weight is 283 g/mol. The molecule has 3 aromatic rings. The second-order valence-electron chi connectivity index (χ2n) is 5.30. The number of imidazole rings is 1. The topological polar surface area (TPSA) is 40.7 Å². The van der Waals surface area contributed by atoms with Crippen molar-refractivity contribution < 1.29 is 4.39 Å². The molecule has 21 heavy (non-hydrogen) atoms. The number of benzene rings is 2. The van der Waals surface area contributed by atoms with Crippen molar-refractivity contribution in [1.82, 2.24) is 15.3 Å². The number of para-hydroxylation sites is 2. The van der Waals surface area contributed by atoms with E-state index in [1.807, 2.05) is 44.2 Å². The first kappa shape index (κ1) is 13.8. The molecule has 4 heteroatoms. The first-order valence-electron chi connectivity index (χ1n) is 7.09. The molecule has 108 valence electrons. The molecule has 1 aromatic heterocycles. The van der Waals surface area contributed by atoms with Crippen LogP contribution in [0.1, 0.15) is 37.3 Å². The number of hydrogen-bond acceptors (Lipinski definition) is 2. The molecule has 2 N–H and O–H groups in total. The highest BCUT2D eigenvalue weighted by Gasteiger charge is 2.14. The third-order valence-electron chi connectivity index (χ3n) is 3.67. The van der Waals surface area contributed by atoms with Gasteiger partial charge in [-0.3, -0.25) is 0 Å². The number of halogens is 1. The lowest BCUT2D eigenvalue weighted by Crippen LogP contribution is -2.23. The van der Waals surface area contributed by atoms with Crippen LogP contribution in [0.3, 0.4) is 0 Å². The summed E-state index contributed by atoms with van der Waals surface area (Å²) >= 11 is 0. The predicted octanol–water partition coefficient (Wildman–Crippen LogP) is 4.11. The van der Waals surface area contributed by atoms with E-state index >= 15 is 0 Å². The van der Waals surface area contributed by atoms with Crippen molar-refractivity contribution in [3.05, 3.63) is 65.7 Å². The standard InChI is InChI=1S/C17H18FN3/c1-11(13-6-5-7-14(18)10-13)19-12(2)17-20-15-8-3-4-9-16(15)21-17/h3-12,19H,1-2H3,(H,20,21). The van der Waals surface area contributed by atoms with Gasteiger partial charge in [0.2, 0.25) is 0 Å². The summed E-state index contributed by atoms with van der Waals surface area (Å²) in [5.74, 6) is 0.678. The van der Waals surface area contributed by atoms with Gasteiger partial charge in [0.15, 0.2) is 0 Å². The lowest BCUT2D eigenvalue weighted by Gasteiger charge is -2.19. The minimum Gasteiger partial charge on any atom is -0.341 e. The Labute approximate surface area is 123 Å². The van der Waals surface area contributed by atoms with E-state index in [9.17, 15) is 4.39 Å². The molecule has 0 aliphatic carbocycles. The van der Waals surface area contributed by atoms with Gasteiger partial charge in [0.05, 0.1) is 17.1 Å². The van der Waals surface area contributed by atoms with E-state index < -0.39 is 0 Å². The van der Waals surface area contributed by atoms with Crippen molar-refractivity contribution in [2.75, 3.05) is 0 Å². The van der Waals surface area contributed by atoms with Gasteiger partial charge in [-0.2, -0.15) is 0 Å². The summed E-state index contributed by atoms with van der Waals surface area (Å²) in [5, 5.41) is 3.44. The summed E-state index contributed by atoms with van der Waals surface area (Å²) in [5.41, 5.74) is 2.91. The van der Waals surface area contributed by atoms with Crippen molar-refractivity contribution in [3.63, 3.8) is 0 Å². The van der Waals surface area contributed by atoms with E-state index in [1.54, 1.807) is 12.1 Å². The number of aromatic nitrogens is 2. The zero-order chi connectivity index (χ0) is 14.8. The number of hydrogen-bond donors (Lipinski definition) is 2. The Morgan fingerprint density at radius 3 is 2.62 bits per heavy atom. The van der Waals surface area contributed by atoms with Crippen LogP contribution in [-0.2, 0) is 0 Å². The Balaban J connectivity index is 1.77. The molecular weight excluding hydrogens is 265 g/mol. The number of H-pyrrole nitrogens is 1. The van der Waals surface area contributed by atoms with Crippen LogP contribution < -0.4 is 5.32 Å². The molecule has 0 aliphatic heterocycles. The Morgan fingerprint density at radius 1 is 1.05 bits per heavy atom. The van der Waals surface area contributed by atoms with Crippen LogP contribution >= 0.6 is 0 Å². The van der Waals surface area contributed by atoms with Crippen LogP contribution in [-0.4, -0.2) is 9.97 Å². The maximum atomic E-state index is 13.3. The average Bonchev–Trinajstić information content (AvgIpc) is 2.91. The molecule has 2 aromatic carbocycles. The number of fused-ring (bicyclic) bond motifs is 1. The molecule has 0 amide bonds. The Hall–Kier alpha value is -2.20. The number of aromatic amines is 1. The van der Waals surface area contributed by atoms with Crippen LogP contribution in [0.2, 0.25) is 0 Å². The summed E-state index contributed by atoms with van der Waals surface area (Å²) in [6, 6.07) is 14.7. The molecule has 2 atom stereocenters. The SMILES string of the molecule is CC(NC(C)c1nc2ccccc2[nH]1)c1cccc(F)c1. The fourth-order valence-corrected chi connectivity index (χ4v) is 2.50. The van der Waals surface area contributed by atoms with E-state index in [0.717, 1.165) is 22.4 Å². The van der Waals surface area contributed by atoms with Crippen molar-refractivity contribution >= 4 is 11.0 Å². The predicted molar refractivity (Wildman–Crippen MR) is 82.5 cm³/mol. The van der Waals surface area contributed by atoms with Gasteiger partial charge in [0.25, 0.3) is 0 Å². The van der Waals surface area contributed by atoms with Gasteiger partial charge in [-0.1, -0.05) is 24.3 Å². The molecule has 1 heterocycles. The van der Waals surface area contributed by atoms with Gasteiger partial charge in [-0.05, 0) is 43.7 Å².